The van der Waals surface area contributed by atoms with Crippen LogP contribution in [0.4, 0.5) is 0 Å². The van der Waals surface area contributed by atoms with Crippen LogP contribution in [-0.4, -0.2) is 37.7 Å². The van der Waals surface area contributed by atoms with Crippen LogP contribution in [0.3, 0.4) is 0 Å². The van der Waals surface area contributed by atoms with E-state index in [0.717, 1.165) is 30.6 Å². The predicted octanol–water partition coefficient (Wildman–Crippen LogP) is 2.55. The van der Waals surface area contributed by atoms with E-state index >= 15 is 0 Å². The first-order valence-corrected chi connectivity index (χ1v) is 7.41. The molecule has 1 rings (SSSR count). The molecule has 2 unspecified atom stereocenters. The van der Waals surface area contributed by atoms with E-state index in [9.17, 15) is 14.4 Å². The third-order valence-corrected chi connectivity index (χ3v) is 3.46. The van der Waals surface area contributed by atoms with Gasteiger partial charge in [-0.3, -0.25) is 9.63 Å². The number of hydroxylamine groups is 2. The van der Waals surface area contributed by atoms with Crippen LogP contribution in [0.25, 0.3) is 0 Å². The maximum Gasteiger partial charge on any atom is 0.246 e. The molecule has 0 saturated carbocycles. The fourth-order valence-corrected chi connectivity index (χ4v) is 1.93. The summed E-state index contributed by atoms with van der Waals surface area (Å²) < 4.78 is 0. The fraction of sp³-hybridized carbons (Fsp3) is 0.688. The summed E-state index contributed by atoms with van der Waals surface area (Å²) in [6.45, 7) is 2.21. The number of allylic oxidation sites excluding steroid dienone is 2. The molecule has 0 aliphatic heterocycles. The van der Waals surface area contributed by atoms with Gasteiger partial charge < -0.3 is 9.59 Å². The van der Waals surface area contributed by atoms with Gasteiger partial charge in [0.25, 0.3) is 0 Å². The zero-order valence-electron chi connectivity index (χ0n) is 13.3. The van der Waals surface area contributed by atoms with Crippen LogP contribution in [0.15, 0.2) is 12.2 Å². The number of rotatable bonds is 5. The van der Waals surface area contributed by atoms with Crippen LogP contribution in [0, 0.1) is 11.8 Å². The molecule has 0 N–H and O–H groups in total. The van der Waals surface area contributed by atoms with E-state index < -0.39 is 0 Å². The molecular formula is C16H27NO4. The van der Waals surface area contributed by atoms with Crippen LogP contribution in [-0.2, 0) is 19.2 Å². The van der Waals surface area contributed by atoms with Gasteiger partial charge in [-0.05, 0) is 31.6 Å². The summed E-state index contributed by atoms with van der Waals surface area (Å²) in [6, 6.07) is 0. The number of amides is 1. The van der Waals surface area contributed by atoms with Gasteiger partial charge in [-0.15, -0.1) is 0 Å². The van der Waals surface area contributed by atoms with E-state index in [4.69, 9.17) is 0 Å². The van der Waals surface area contributed by atoms with Crippen molar-refractivity contribution in [1.29, 1.82) is 0 Å². The van der Waals surface area contributed by atoms with Gasteiger partial charge in [-0.25, -0.2) is 5.06 Å². The van der Waals surface area contributed by atoms with E-state index in [1.165, 1.54) is 20.6 Å². The molecule has 1 aliphatic rings. The molecule has 0 aromatic rings. The third-order valence-electron chi connectivity index (χ3n) is 3.46. The zero-order valence-corrected chi connectivity index (χ0v) is 13.3. The van der Waals surface area contributed by atoms with Gasteiger partial charge in [0.15, 0.2) is 0 Å². The highest BCUT2D eigenvalue weighted by Crippen LogP contribution is 2.19. The molecule has 5 heteroatoms. The molecule has 0 spiro atoms. The van der Waals surface area contributed by atoms with Crippen LogP contribution in [0.5, 0.6) is 0 Å². The molecular weight excluding hydrogens is 270 g/mol. The fourth-order valence-electron chi connectivity index (χ4n) is 1.93. The maximum absolute atomic E-state index is 10.8. The SMILES string of the molecule is CC1/C=C/CCC(C=O)CC1.CON(C)C(=O)CCC=O. The van der Waals surface area contributed by atoms with Gasteiger partial charge in [-0.2, -0.15) is 0 Å². The largest absolute Gasteiger partial charge is 0.303 e. The quantitative estimate of drug-likeness (QED) is 0.444. The summed E-state index contributed by atoms with van der Waals surface area (Å²) >= 11 is 0. The number of hydrogen-bond acceptors (Lipinski definition) is 4. The van der Waals surface area contributed by atoms with Gasteiger partial charge in [-0.1, -0.05) is 19.1 Å². The van der Waals surface area contributed by atoms with E-state index in [2.05, 4.69) is 23.9 Å². The van der Waals surface area contributed by atoms with Crippen molar-refractivity contribution in [3.63, 3.8) is 0 Å². The molecule has 1 aliphatic carbocycles. The van der Waals surface area contributed by atoms with Crippen molar-refractivity contribution in [1.82, 2.24) is 5.06 Å². The van der Waals surface area contributed by atoms with Crippen LogP contribution in [0.1, 0.15) is 45.4 Å². The van der Waals surface area contributed by atoms with Crippen molar-refractivity contribution in [2.24, 2.45) is 11.8 Å². The zero-order chi connectivity index (χ0) is 16.1. The molecule has 5 nitrogen and oxygen atoms in total. The van der Waals surface area contributed by atoms with Crippen LogP contribution >= 0.6 is 0 Å². The molecule has 0 radical (unpaired) electrons. The van der Waals surface area contributed by atoms with Crippen molar-refractivity contribution in [3.05, 3.63) is 12.2 Å². The molecule has 0 heterocycles. The highest BCUT2D eigenvalue weighted by atomic mass is 16.7. The van der Waals surface area contributed by atoms with Crippen molar-refractivity contribution in [3.8, 4) is 0 Å². The molecule has 120 valence electrons. The van der Waals surface area contributed by atoms with E-state index in [0.29, 0.717) is 18.1 Å². The van der Waals surface area contributed by atoms with Gasteiger partial charge in [0, 0.05) is 25.8 Å². The Morgan fingerprint density at radius 3 is 2.62 bits per heavy atom. The van der Waals surface area contributed by atoms with E-state index in [1.807, 2.05) is 0 Å². The summed E-state index contributed by atoms with van der Waals surface area (Å²) in [7, 11) is 2.91. The highest BCUT2D eigenvalue weighted by Gasteiger charge is 2.10. The van der Waals surface area contributed by atoms with Crippen molar-refractivity contribution in [2.45, 2.75) is 45.4 Å². The van der Waals surface area contributed by atoms with Crippen molar-refractivity contribution in [2.75, 3.05) is 14.2 Å². The molecule has 0 saturated heterocycles. The molecule has 0 aromatic carbocycles. The minimum Gasteiger partial charge on any atom is -0.303 e. The maximum atomic E-state index is 10.8. The molecule has 0 aromatic heterocycles. The summed E-state index contributed by atoms with van der Waals surface area (Å²) in [5.41, 5.74) is 0. The summed E-state index contributed by atoms with van der Waals surface area (Å²) in [5, 5.41) is 1.10. The van der Waals surface area contributed by atoms with E-state index in [-0.39, 0.29) is 18.7 Å². The summed E-state index contributed by atoms with van der Waals surface area (Å²) in [4.78, 5) is 35.7. The van der Waals surface area contributed by atoms with E-state index in [1.54, 1.807) is 0 Å². The Kier molecular flexibility index (Phi) is 11.4. The Morgan fingerprint density at radius 1 is 1.33 bits per heavy atom. The smallest absolute Gasteiger partial charge is 0.246 e. The Bertz CT molecular complexity index is 341. The second-order valence-corrected chi connectivity index (χ2v) is 5.24. The lowest BCUT2D eigenvalue weighted by Gasteiger charge is -2.14. The number of nitrogens with zero attached hydrogens (tertiary/aromatic N) is 1. The second kappa shape index (κ2) is 12.3. The average molecular weight is 297 g/mol. The van der Waals surface area contributed by atoms with Crippen molar-refractivity contribution < 1.29 is 19.2 Å². The van der Waals surface area contributed by atoms with Crippen LogP contribution < -0.4 is 0 Å². The number of carbonyl (C=O) groups excluding carboxylic acids is 3. The van der Waals surface area contributed by atoms with Gasteiger partial charge >= 0.3 is 0 Å². The van der Waals surface area contributed by atoms with Gasteiger partial charge in [0.2, 0.25) is 5.91 Å². The third kappa shape index (κ3) is 9.96. The molecule has 2 atom stereocenters. The Morgan fingerprint density at radius 2 is 2.05 bits per heavy atom. The average Bonchev–Trinajstić information content (AvgIpc) is 2.49. The lowest BCUT2D eigenvalue weighted by atomic mass is 9.91. The Labute approximate surface area is 127 Å². The summed E-state index contributed by atoms with van der Waals surface area (Å²) in [6.07, 6.45) is 11.1. The number of aldehydes is 2. The standard InChI is InChI=1S/C10H16O.C6H11NO3/c1-9-4-2-3-5-10(8-11)7-6-9;1-7(10-2)6(9)4-3-5-8/h2,4,8-10H,3,5-7H2,1H3;5H,3-4H2,1-2H3/b4-2+;. The topological polar surface area (TPSA) is 63.7 Å². The van der Waals surface area contributed by atoms with Crippen molar-refractivity contribution >= 4 is 18.5 Å². The second-order valence-electron chi connectivity index (χ2n) is 5.24. The first-order valence-electron chi connectivity index (χ1n) is 7.41. The molecule has 21 heavy (non-hydrogen) atoms. The predicted molar refractivity (Wildman–Crippen MR) is 81.4 cm³/mol. The molecule has 0 fully saturated rings. The lowest BCUT2D eigenvalue weighted by molar-refractivity contribution is -0.168. The van der Waals surface area contributed by atoms with Gasteiger partial charge in [0.05, 0.1) is 7.11 Å². The lowest BCUT2D eigenvalue weighted by Crippen LogP contribution is -2.24. The highest BCUT2D eigenvalue weighted by molar-refractivity contribution is 5.76. The minimum atomic E-state index is -0.186. The molecule has 0 bridgehead atoms. The Balaban J connectivity index is 0.000000384. The first-order chi connectivity index (χ1) is 10.0. The number of hydrogen-bond donors (Lipinski definition) is 0. The normalized spacial score (nSPS) is 22.8. The Hall–Kier alpha value is -1.49. The number of carbonyl (C=O) groups is 3. The van der Waals surface area contributed by atoms with Crippen LogP contribution in [0.2, 0.25) is 0 Å². The molecule has 1 amide bonds. The first kappa shape index (κ1) is 19.5. The van der Waals surface area contributed by atoms with Gasteiger partial charge in [0.1, 0.15) is 12.6 Å². The summed E-state index contributed by atoms with van der Waals surface area (Å²) in [5.74, 6) is 0.801. The monoisotopic (exact) mass is 297 g/mol. The minimum absolute atomic E-state index is 0.186.